The van der Waals surface area contributed by atoms with Crippen molar-refractivity contribution in [2.45, 2.75) is 11.8 Å². The minimum absolute atomic E-state index is 0.0185. The lowest BCUT2D eigenvalue weighted by molar-refractivity contribution is 0.0990. The van der Waals surface area contributed by atoms with E-state index in [0.717, 1.165) is 6.26 Å². The van der Waals surface area contributed by atoms with Gasteiger partial charge in [0, 0.05) is 11.8 Å². The first-order valence-corrected chi connectivity index (χ1v) is 6.88. The van der Waals surface area contributed by atoms with Crippen molar-refractivity contribution in [1.29, 1.82) is 0 Å². The molecule has 0 heterocycles. The zero-order chi connectivity index (χ0) is 13.2. The molecule has 0 saturated carbocycles. The van der Waals surface area contributed by atoms with E-state index < -0.39 is 9.84 Å². The summed E-state index contributed by atoms with van der Waals surface area (Å²) in [4.78, 5) is 11.7. The van der Waals surface area contributed by atoms with Crippen molar-refractivity contribution in [2.24, 2.45) is 0 Å². The van der Waals surface area contributed by atoms with Crippen molar-refractivity contribution in [2.75, 3.05) is 19.8 Å². The summed E-state index contributed by atoms with van der Waals surface area (Å²) in [5.74, 6) is -0.458. The third-order valence-electron chi connectivity index (χ3n) is 2.34. The number of rotatable bonds is 4. The number of carbonyl (C=O) groups excluding carboxylic acids is 1. The number of hydrogen-bond donors (Lipinski definition) is 2. The summed E-state index contributed by atoms with van der Waals surface area (Å²) in [6.45, 7) is 1.60. The van der Waals surface area contributed by atoms with Gasteiger partial charge < -0.3 is 10.4 Å². The first kappa shape index (κ1) is 13.7. The molecule has 17 heavy (non-hydrogen) atoms. The van der Waals surface area contributed by atoms with Crippen molar-refractivity contribution in [1.82, 2.24) is 5.32 Å². The highest BCUT2D eigenvalue weighted by atomic mass is 32.2. The average molecular weight is 257 g/mol. The van der Waals surface area contributed by atoms with Crippen LogP contribution in [0.4, 0.5) is 0 Å². The average Bonchev–Trinajstić information content (AvgIpc) is 2.20. The quantitative estimate of drug-likeness (QED) is 0.768. The molecule has 1 aromatic carbocycles. The number of ketones is 1. The molecule has 0 fully saturated rings. The SMILES string of the molecule is CNCC(=O)c1cc(O)c(C)cc1S(C)(=O)=O. The Kier molecular flexibility index (Phi) is 3.90. The van der Waals surface area contributed by atoms with Crippen LogP contribution in [0.3, 0.4) is 0 Å². The third kappa shape index (κ3) is 3.04. The van der Waals surface area contributed by atoms with Crippen LogP contribution in [0.1, 0.15) is 15.9 Å². The normalized spacial score (nSPS) is 11.5. The molecule has 0 aliphatic heterocycles. The van der Waals surface area contributed by atoms with Crippen LogP contribution in [0.25, 0.3) is 0 Å². The fourth-order valence-corrected chi connectivity index (χ4v) is 2.41. The van der Waals surface area contributed by atoms with E-state index in [1.165, 1.54) is 12.1 Å². The molecular weight excluding hydrogens is 242 g/mol. The Bertz CT molecular complexity index is 549. The predicted molar refractivity (Wildman–Crippen MR) is 64.2 cm³/mol. The van der Waals surface area contributed by atoms with E-state index in [-0.39, 0.29) is 28.5 Å². The van der Waals surface area contributed by atoms with Crippen LogP contribution in [0.15, 0.2) is 17.0 Å². The zero-order valence-electron chi connectivity index (χ0n) is 9.94. The van der Waals surface area contributed by atoms with Gasteiger partial charge in [-0.2, -0.15) is 0 Å². The molecular formula is C11H15NO4S. The van der Waals surface area contributed by atoms with Gasteiger partial charge in [0.2, 0.25) is 0 Å². The number of benzene rings is 1. The molecule has 5 nitrogen and oxygen atoms in total. The maximum atomic E-state index is 11.7. The highest BCUT2D eigenvalue weighted by molar-refractivity contribution is 7.90. The number of Topliss-reactive ketones (excluding diaryl/α,β-unsaturated/α-hetero) is 1. The Morgan fingerprint density at radius 2 is 2.00 bits per heavy atom. The fourth-order valence-electron chi connectivity index (χ4n) is 1.45. The predicted octanol–water partition coefficient (Wildman–Crippen LogP) is 0.506. The van der Waals surface area contributed by atoms with Crippen LogP contribution in [-0.4, -0.2) is 39.2 Å². The minimum Gasteiger partial charge on any atom is -0.508 e. The molecule has 0 radical (unpaired) electrons. The lowest BCUT2D eigenvalue weighted by Gasteiger charge is -2.09. The van der Waals surface area contributed by atoms with E-state index in [1.54, 1.807) is 14.0 Å². The van der Waals surface area contributed by atoms with Gasteiger partial charge in [-0.25, -0.2) is 8.42 Å². The highest BCUT2D eigenvalue weighted by Gasteiger charge is 2.20. The monoisotopic (exact) mass is 257 g/mol. The van der Waals surface area contributed by atoms with Crippen molar-refractivity contribution in [3.8, 4) is 5.75 Å². The number of aromatic hydroxyl groups is 1. The Balaban J connectivity index is 3.47. The van der Waals surface area contributed by atoms with Crippen LogP contribution in [0, 0.1) is 6.92 Å². The van der Waals surface area contributed by atoms with Gasteiger partial charge in [0.25, 0.3) is 0 Å². The van der Waals surface area contributed by atoms with Gasteiger partial charge in [-0.3, -0.25) is 4.79 Å². The van der Waals surface area contributed by atoms with E-state index in [0.29, 0.717) is 5.56 Å². The Labute approximate surface area is 100 Å². The summed E-state index contributed by atoms with van der Waals surface area (Å²) in [5, 5.41) is 12.2. The molecule has 0 spiro atoms. The van der Waals surface area contributed by atoms with Crippen LogP contribution in [0.5, 0.6) is 5.75 Å². The molecule has 0 amide bonds. The maximum Gasteiger partial charge on any atom is 0.178 e. The van der Waals surface area contributed by atoms with Gasteiger partial charge in [-0.15, -0.1) is 0 Å². The summed E-state index contributed by atoms with van der Waals surface area (Å²) in [7, 11) is -1.91. The number of carbonyl (C=O) groups is 1. The zero-order valence-corrected chi connectivity index (χ0v) is 10.8. The summed E-state index contributed by atoms with van der Waals surface area (Å²) in [6.07, 6.45) is 1.04. The number of likely N-dealkylation sites (N-methyl/N-ethyl adjacent to an activating group) is 1. The molecule has 0 unspecified atom stereocenters. The molecule has 6 heteroatoms. The summed E-state index contributed by atoms with van der Waals surface area (Å²) in [5.41, 5.74) is 0.441. The molecule has 0 aromatic heterocycles. The second-order valence-electron chi connectivity index (χ2n) is 3.86. The molecule has 1 rings (SSSR count). The highest BCUT2D eigenvalue weighted by Crippen LogP contribution is 2.25. The van der Waals surface area contributed by atoms with Crippen molar-refractivity contribution < 1.29 is 18.3 Å². The first-order chi connectivity index (χ1) is 7.77. The van der Waals surface area contributed by atoms with Gasteiger partial charge in [0.05, 0.1) is 11.4 Å². The Morgan fingerprint density at radius 1 is 1.41 bits per heavy atom. The van der Waals surface area contributed by atoms with Gasteiger partial charge >= 0.3 is 0 Å². The number of sulfone groups is 1. The largest absolute Gasteiger partial charge is 0.508 e. The maximum absolute atomic E-state index is 11.7. The Hall–Kier alpha value is -1.40. The Morgan fingerprint density at radius 3 is 2.47 bits per heavy atom. The third-order valence-corrected chi connectivity index (χ3v) is 3.47. The van der Waals surface area contributed by atoms with Crippen molar-refractivity contribution in [3.05, 3.63) is 23.3 Å². The minimum atomic E-state index is -3.50. The molecule has 0 aliphatic rings. The molecule has 1 aromatic rings. The van der Waals surface area contributed by atoms with E-state index in [2.05, 4.69) is 5.32 Å². The smallest absolute Gasteiger partial charge is 0.178 e. The van der Waals surface area contributed by atoms with Gasteiger partial charge in [-0.1, -0.05) is 0 Å². The van der Waals surface area contributed by atoms with Gasteiger partial charge in [0.15, 0.2) is 15.6 Å². The summed E-state index contributed by atoms with van der Waals surface area (Å²) in [6, 6.07) is 2.51. The molecule has 0 aliphatic carbocycles. The lowest BCUT2D eigenvalue weighted by Crippen LogP contribution is -2.20. The summed E-state index contributed by atoms with van der Waals surface area (Å²) < 4.78 is 23.1. The van der Waals surface area contributed by atoms with Crippen LogP contribution in [0.2, 0.25) is 0 Å². The van der Waals surface area contributed by atoms with Crippen molar-refractivity contribution >= 4 is 15.6 Å². The van der Waals surface area contributed by atoms with E-state index in [1.807, 2.05) is 0 Å². The number of aryl methyl sites for hydroxylation is 1. The van der Waals surface area contributed by atoms with Crippen molar-refractivity contribution in [3.63, 3.8) is 0 Å². The number of phenols is 1. The van der Waals surface area contributed by atoms with Crippen LogP contribution >= 0.6 is 0 Å². The van der Waals surface area contributed by atoms with Crippen LogP contribution < -0.4 is 5.32 Å². The lowest BCUT2D eigenvalue weighted by atomic mass is 10.1. The van der Waals surface area contributed by atoms with E-state index >= 15 is 0 Å². The number of phenolic OH excluding ortho intramolecular Hbond substituents is 1. The number of hydrogen-bond acceptors (Lipinski definition) is 5. The van der Waals surface area contributed by atoms with Gasteiger partial charge in [0.1, 0.15) is 5.75 Å². The standard InChI is InChI=1S/C11H15NO4S/c1-7-4-11(17(3,15)16)8(5-9(7)13)10(14)6-12-2/h4-5,12-13H,6H2,1-3H3. The molecule has 2 N–H and O–H groups in total. The fraction of sp³-hybridized carbons (Fsp3) is 0.364. The topological polar surface area (TPSA) is 83.5 Å². The second-order valence-corrected chi connectivity index (χ2v) is 5.84. The van der Waals surface area contributed by atoms with E-state index in [4.69, 9.17) is 0 Å². The molecule has 94 valence electrons. The van der Waals surface area contributed by atoms with Crippen LogP contribution in [-0.2, 0) is 9.84 Å². The summed E-state index contributed by atoms with van der Waals surface area (Å²) >= 11 is 0. The molecule has 0 saturated heterocycles. The first-order valence-electron chi connectivity index (χ1n) is 4.99. The number of nitrogens with one attached hydrogen (secondary N) is 1. The molecule has 0 atom stereocenters. The van der Waals surface area contributed by atoms with E-state index in [9.17, 15) is 18.3 Å². The van der Waals surface area contributed by atoms with Gasteiger partial charge in [-0.05, 0) is 31.7 Å². The molecule has 0 bridgehead atoms. The second kappa shape index (κ2) is 4.85.